The molecular formula is C14H19N3. The highest BCUT2D eigenvalue weighted by Crippen LogP contribution is 2.20. The molecule has 1 aromatic rings. The molecule has 0 atom stereocenters. The first-order chi connectivity index (χ1) is 7.99. The fourth-order valence-corrected chi connectivity index (χ4v) is 1.27. The van der Waals surface area contributed by atoms with Crippen LogP contribution in [0.3, 0.4) is 0 Å². The maximum atomic E-state index is 9.01. The van der Waals surface area contributed by atoms with Crippen molar-refractivity contribution in [3.05, 3.63) is 35.7 Å². The van der Waals surface area contributed by atoms with E-state index in [-0.39, 0.29) is 0 Å². The molecule has 0 saturated heterocycles. The van der Waals surface area contributed by atoms with Gasteiger partial charge in [-0.25, -0.2) is 0 Å². The molecule has 0 aromatic carbocycles. The Balaban J connectivity index is 2.73. The summed E-state index contributed by atoms with van der Waals surface area (Å²) in [7, 11) is 0. The Morgan fingerprint density at radius 3 is 2.71 bits per heavy atom. The molecule has 1 N–H and O–H groups in total. The molecule has 3 heteroatoms. The van der Waals surface area contributed by atoms with E-state index in [4.69, 9.17) is 5.26 Å². The van der Waals surface area contributed by atoms with Gasteiger partial charge in [-0.3, -0.25) is 4.98 Å². The second-order valence-electron chi connectivity index (χ2n) is 4.66. The van der Waals surface area contributed by atoms with Crippen molar-refractivity contribution in [2.24, 2.45) is 0 Å². The van der Waals surface area contributed by atoms with Crippen molar-refractivity contribution in [1.82, 2.24) is 4.98 Å². The average Bonchev–Trinajstić information content (AvgIpc) is 2.36. The highest BCUT2D eigenvalue weighted by atomic mass is 14.9. The van der Waals surface area contributed by atoms with E-state index in [2.05, 4.69) is 29.4 Å². The number of nitriles is 1. The van der Waals surface area contributed by atoms with Crippen LogP contribution in [0.15, 0.2) is 30.0 Å². The van der Waals surface area contributed by atoms with Gasteiger partial charge in [-0.05, 0) is 39.8 Å². The van der Waals surface area contributed by atoms with Crippen molar-refractivity contribution in [2.45, 2.75) is 33.1 Å². The lowest BCUT2D eigenvalue weighted by molar-refractivity contribution is 0.660. The molecular weight excluding hydrogens is 210 g/mol. The number of allylic oxidation sites excluding steroid dienone is 1. The van der Waals surface area contributed by atoms with Gasteiger partial charge in [0.2, 0.25) is 0 Å². The molecule has 0 amide bonds. The number of hydrogen-bond donors (Lipinski definition) is 1. The molecule has 0 bridgehead atoms. The van der Waals surface area contributed by atoms with Crippen molar-refractivity contribution in [3.63, 3.8) is 0 Å². The third-order valence-electron chi connectivity index (χ3n) is 2.75. The standard InChI is InChI=1S/C14H19N3/c1-5-11(2)8-16-12-6-7-13(17-9-12)14(3,4)10-15/h5-7,9,16H,8H2,1-4H3. The summed E-state index contributed by atoms with van der Waals surface area (Å²) in [6, 6.07) is 6.11. The van der Waals surface area contributed by atoms with Crippen LogP contribution < -0.4 is 5.32 Å². The summed E-state index contributed by atoms with van der Waals surface area (Å²) < 4.78 is 0. The summed E-state index contributed by atoms with van der Waals surface area (Å²) in [5.41, 5.74) is 2.53. The van der Waals surface area contributed by atoms with Gasteiger partial charge in [-0.15, -0.1) is 0 Å². The van der Waals surface area contributed by atoms with Crippen molar-refractivity contribution in [3.8, 4) is 6.07 Å². The van der Waals surface area contributed by atoms with Crippen LogP contribution in [0.25, 0.3) is 0 Å². The summed E-state index contributed by atoms with van der Waals surface area (Å²) in [5.74, 6) is 0. The summed E-state index contributed by atoms with van der Waals surface area (Å²) in [6.45, 7) is 8.65. The van der Waals surface area contributed by atoms with Crippen LogP contribution in [0.5, 0.6) is 0 Å². The average molecular weight is 229 g/mol. The second-order valence-corrected chi connectivity index (χ2v) is 4.66. The van der Waals surface area contributed by atoms with Gasteiger partial charge < -0.3 is 5.32 Å². The van der Waals surface area contributed by atoms with E-state index in [1.807, 2.05) is 32.9 Å². The van der Waals surface area contributed by atoms with Crippen molar-refractivity contribution >= 4 is 5.69 Å². The zero-order valence-corrected chi connectivity index (χ0v) is 10.9. The fourth-order valence-electron chi connectivity index (χ4n) is 1.27. The number of pyridine rings is 1. The Morgan fingerprint density at radius 1 is 1.53 bits per heavy atom. The van der Waals surface area contributed by atoms with E-state index in [0.29, 0.717) is 0 Å². The molecule has 0 fully saturated rings. The fraction of sp³-hybridized carbons (Fsp3) is 0.429. The number of aromatic nitrogens is 1. The molecule has 0 saturated carbocycles. The lowest BCUT2D eigenvalue weighted by atomic mass is 9.91. The molecule has 0 aliphatic heterocycles. The topological polar surface area (TPSA) is 48.7 Å². The number of hydrogen-bond acceptors (Lipinski definition) is 3. The van der Waals surface area contributed by atoms with Crippen LogP contribution in [0.1, 0.15) is 33.4 Å². The number of nitrogens with zero attached hydrogens (tertiary/aromatic N) is 2. The van der Waals surface area contributed by atoms with E-state index in [1.54, 1.807) is 6.20 Å². The normalized spacial score (nSPS) is 12.1. The van der Waals surface area contributed by atoms with Crippen LogP contribution in [-0.2, 0) is 5.41 Å². The largest absolute Gasteiger partial charge is 0.380 e. The van der Waals surface area contributed by atoms with Gasteiger partial charge in [-0.1, -0.05) is 11.6 Å². The zero-order valence-electron chi connectivity index (χ0n) is 10.9. The van der Waals surface area contributed by atoms with Crippen molar-refractivity contribution in [2.75, 3.05) is 11.9 Å². The van der Waals surface area contributed by atoms with Gasteiger partial charge in [0.15, 0.2) is 0 Å². The second kappa shape index (κ2) is 5.49. The smallest absolute Gasteiger partial charge is 0.0937 e. The Labute approximate surface area is 103 Å². The van der Waals surface area contributed by atoms with Crippen LogP contribution in [0, 0.1) is 11.3 Å². The minimum atomic E-state index is -0.530. The molecule has 90 valence electrons. The van der Waals surface area contributed by atoms with E-state index in [9.17, 15) is 0 Å². The minimum absolute atomic E-state index is 0.530. The molecule has 0 aliphatic rings. The van der Waals surface area contributed by atoms with Gasteiger partial charge in [0.05, 0.1) is 29.1 Å². The first-order valence-corrected chi connectivity index (χ1v) is 5.73. The van der Waals surface area contributed by atoms with Gasteiger partial charge in [0, 0.05) is 6.54 Å². The summed E-state index contributed by atoms with van der Waals surface area (Å²) in [6.07, 6.45) is 3.85. The van der Waals surface area contributed by atoms with Gasteiger partial charge >= 0.3 is 0 Å². The lowest BCUT2D eigenvalue weighted by Crippen LogP contribution is -2.16. The Kier molecular flexibility index (Phi) is 4.28. The van der Waals surface area contributed by atoms with E-state index in [0.717, 1.165) is 17.9 Å². The predicted octanol–water partition coefficient (Wildman–Crippen LogP) is 3.26. The first-order valence-electron chi connectivity index (χ1n) is 5.73. The van der Waals surface area contributed by atoms with Crippen LogP contribution in [-0.4, -0.2) is 11.5 Å². The number of nitrogens with one attached hydrogen (secondary N) is 1. The first kappa shape index (κ1) is 13.2. The van der Waals surface area contributed by atoms with E-state index >= 15 is 0 Å². The quantitative estimate of drug-likeness (QED) is 0.806. The van der Waals surface area contributed by atoms with Crippen molar-refractivity contribution in [1.29, 1.82) is 5.26 Å². The predicted molar refractivity (Wildman–Crippen MR) is 70.8 cm³/mol. The minimum Gasteiger partial charge on any atom is -0.380 e. The van der Waals surface area contributed by atoms with Crippen LogP contribution in [0.4, 0.5) is 5.69 Å². The highest BCUT2D eigenvalue weighted by molar-refractivity contribution is 5.43. The zero-order chi connectivity index (χ0) is 12.9. The monoisotopic (exact) mass is 229 g/mol. The van der Waals surface area contributed by atoms with Gasteiger partial charge in [0.1, 0.15) is 0 Å². The molecule has 0 aliphatic carbocycles. The highest BCUT2D eigenvalue weighted by Gasteiger charge is 2.20. The summed E-state index contributed by atoms with van der Waals surface area (Å²) >= 11 is 0. The van der Waals surface area contributed by atoms with Crippen LogP contribution >= 0.6 is 0 Å². The molecule has 17 heavy (non-hydrogen) atoms. The Hall–Kier alpha value is -1.82. The third-order valence-corrected chi connectivity index (χ3v) is 2.75. The molecule has 0 spiro atoms. The van der Waals surface area contributed by atoms with E-state index < -0.39 is 5.41 Å². The lowest BCUT2D eigenvalue weighted by Gasteiger charge is -2.15. The number of anilines is 1. The Bertz CT molecular complexity index is 436. The third kappa shape index (κ3) is 3.60. The molecule has 3 nitrogen and oxygen atoms in total. The summed E-state index contributed by atoms with van der Waals surface area (Å²) in [5, 5.41) is 12.3. The van der Waals surface area contributed by atoms with Crippen molar-refractivity contribution < 1.29 is 0 Å². The SMILES string of the molecule is CC=C(C)CNc1ccc(C(C)(C)C#N)nc1. The molecule has 1 heterocycles. The summed E-state index contributed by atoms with van der Waals surface area (Å²) in [4.78, 5) is 4.32. The maximum absolute atomic E-state index is 9.01. The van der Waals surface area contributed by atoms with E-state index in [1.165, 1.54) is 5.57 Å². The molecule has 1 rings (SSSR count). The Morgan fingerprint density at radius 2 is 2.24 bits per heavy atom. The number of rotatable bonds is 4. The molecule has 0 radical (unpaired) electrons. The maximum Gasteiger partial charge on any atom is 0.0937 e. The van der Waals surface area contributed by atoms with Gasteiger partial charge in [-0.2, -0.15) is 5.26 Å². The van der Waals surface area contributed by atoms with Crippen LogP contribution in [0.2, 0.25) is 0 Å². The molecule has 1 aromatic heterocycles. The molecule has 0 unspecified atom stereocenters. The van der Waals surface area contributed by atoms with Gasteiger partial charge in [0.25, 0.3) is 0 Å².